The van der Waals surface area contributed by atoms with Gasteiger partial charge < -0.3 is 11.1 Å². The van der Waals surface area contributed by atoms with Crippen LogP contribution in [0.25, 0.3) is 10.4 Å². The molecule has 1 aromatic carbocycles. The van der Waals surface area contributed by atoms with Crippen LogP contribution in [-0.4, -0.2) is 11.9 Å². The van der Waals surface area contributed by atoms with Gasteiger partial charge in [0, 0.05) is 23.0 Å². The summed E-state index contributed by atoms with van der Waals surface area (Å²) in [6.07, 6.45) is 1.16. The molecule has 1 atom stereocenters. The predicted molar refractivity (Wildman–Crippen MR) is 81.3 cm³/mol. The van der Waals surface area contributed by atoms with Crippen LogP contribution in [0.1, 0.15) is 19.8 Å². The molecule has 0 aliphatic carbocycles. The van der Waals surface area contributed by atoms with Gasteiger partial charge in [-0.05, 0) is 42.5 Å². The summed E-state index contributed by atoms with van der Waals surface area (Å²) < 4.78 is 0. The van der Waals surface area contributed by atoms with E-state index in [1.54, 1.807) is 11.3 Å². The van der Waals surface area contributed by atoms with Crippen LogP contribution < -0.4 is 11.1 Å². The normalized spacial score (nSPS) is 12.1. The molecule has 100 valence electrons. The van der Waals surface area contributed by atoms with Gasteiger partial charge in [0.2, 0.25) is 5.91 Å². The number of benzene rings is 1. The third-order valence-electron chi connectivity index (χ3n) is 2.78. The van der Waals surface area contributed by atoms with E-state index in [2.05, 4.69) is 11.4 Å². The second kappa shape index (κ2) is 6.50. The van der Waals surface area contributed by atoms with Crippen molar-refractivity contribution >= 4 is 22.9 Å². The lowest BCUT2D eigenvalue weighted by atomic mass is 10.1. The summed E-state index contributed by atoms with van der Waals surface area (Å²) >= 11 is 1.69. The number of hydrogen-bond acceptors (Lipinski definition) is 3. The summed E-state index contributed by atoms with van der Waals surface area (Å²) in [5, 5.41) is 4.95. The second-order valence-electron chi connectivity index (χ2n) is 4.62. The van der Waals surface area contributed by atoms with Gasteiger partial charge in [0.15, 0.2) is 0 Å². The molecule has 0 spiro atoms. The van der Waals surface area contributed by atoms with E-state index in [4.69, 9.17) is 5.73 Å². The van der Waals surface area contributed by atoms with Gasteiger partial charge in [0.1, 0.15) is 0 Å². The topological polar surface area (TPSA) is 55.1 Å². The number of carbonyl (C=O) groups excluding carboxylic acids is 1. The lowest BCUT2D eigenvalue weighted by molar-refractivity contribution is -0.116. The van der Waals surface area contributed by atoms with Crippen molar-refractivity contribution in [1.82, 2.24) is 0 Å². The molecule has 3 nitrogen and oxygen atoms in total. The van der Waals surface area contributed by atoms with Crippen molar-refractivity contribution in [3.05, 3.63) is 41.8 Å². The van der Waals surface area contributed by atoms with Crippen LogP contribution in [0.2, 0.25) is 0 Å². The van der Waals surface area contributed by atoms with Crippen LogP contribution in [0.4, 0.5) is 5.69 Å². The average molecular weight is 274 g/mol. The zero-order chi connectivity index (χ0) is 13.7. The number of amides is 1. The van der Waals surface area contributed by atoms with E-state index in [9.17, 15) is 4.79 Å². The average Bonchev–Trinajstić information content (AvgIpc) is 2.90. The van der Waals surface area contributed by atoms with Crippen LogP contribution >= 0.6 is 11.3 Å². The molecular weight excluding hydrogens is 256 g/mol. The first-order valence-electron chi connectivity index (χ1n) is 6.34. The highest BCUT2D eigenvalue weighted by molar-refractivity contribution is 7.13. The minimum Gasteiger partial charge on any atom is -0.328 e. The monoisotopic (exact) mass is 274 g/mol. The molecule has 19 heavy (non-hydrogen) atoms. The van der Waals surface area contributed by atoms with Crippen LogP contribution in [0.3, 0.4) is 0 Å². The van der Waals surface area contributed by atoms with Crippen molar-refractivity contribution < 1.29 is 4.79 Å². The van der Waals surface area contributed by atoms with Crippen LogP contribution in [0.5, 0.6) is 0 Å². The van der Waals surface area contributed by atoms with Gasteiger partial charge in [-0.15, -0.1) is 11.3 Å². The molecule has 0 saturated heterocycles. The molecule has 1 unspecified atom stereocenters. The van der Waals surface area contributed by atoms with Crippen molar-refractivity contribution in [3.8, 4) is 10.4 Å². The molecule has 2 aromatic rings. The third-order valence-corrected chi connectivity index (χ3v) is 3.70. The second-order valence-corrected chi connectivity index (χ2v) is 5.57. The first-order valence-corrected chi connectivity index (χ1v) is 7.22. The van der Waals surface area contributed by atoms with Crippen molar-refractivity contribution in [2.75, 3.05) is 5.32 Å². The van der Waals surface area contributed by atoms with Gasteiger partial charge >= 0.3 is 0 Å². The highest BCUT2D eigenvalue weighted by Gasteiger charge is 2.05. The van der Waals surface area contributed by atoms with E-state index in [-0.39, 0.29) is 11.9 Å². The molecule has 0 bridgehead atoms. The smallest absolute Gasteiger partial charge is 0.224 e. The molecule has 3 N–H and O–H groups in total. The Morgan fingerprint density at radius 1 is 1.37 bits per heavy atom. The number of thiophene rings is 1. The van der Waals surface area contributed by atoms with Crippen LogP contribution in [-0.2, 0) is 4.79 Å². The fraction of sp³-hybridized carbons (Fsp3) is 0.267. The van der Waals surface area contributed by atoms with E-state index in [1.165, 1.54) is 4.88 Å². The summed E-state index contributed by atoms with van der Waals surface area (Å²) in [4.78, 5) is 13.0. The number of nitrogens with one attached hydrogen (secondary N) is 1. The lowest BCUT2D eigenvalue weighted by Crippen LogP contribution is -2.19. The molecule has 2 rings (SSSR count). The quantitative estimate of drug-likeness (QED) is 0.877. The summed E-state index contributed by atoms with van der Waals surface area (Å²) in [6.45, 7) is 1.91. The fourth-order valence-corrected chi connectivity index (χ4v) is 2.50. The van der Waals surface area contributed by atoms with Crippen molar-refractivity contribution in [2.24, 2.45) is 5.73 Å². The summed E-state index contributed by atoms with van der Waals surface area (Å²) in [5.41, 5.74) is 7.60. The Morgan fingerprint density at radius 2 is 2.21 bits per heavy atom. The van der Waals surface area contributed by atoms with Crippen molar-refractivity contribution in [2.45, 2.75) is 25.8 Å². The van der Waals surface area contributed by atoms with Crippen LogP contribution in [0.15, 0.2) is 41.8 Å². The molecule has 0 aliphatic heterocycles. The summed E-state index contributed by atoms with van der Waals surface area (Å²) in [5.74, 6) is 0.0145. The zero-order valence-corrected chi connectivity index (χ0v) is 11.7. The molecule has 1 heterocycles. The molecule has 0 fully saturated rings. The first-order chi connectivity index (χ1) is 9.15. The standard InChI is InChI=1S/C15H18N2OS/c1-11(16)7-8-15(18)17-13-5-2-4-12(10-13)14-6-3-9-19-14/h2-6,9-11H,7-8,16H2,1H3,(H,17,18). The Balaban J connectivity index is 2.01. The van der Waals surface area contributed by atoms with Gasteiger partial charge in [-0.3, -0.25) is 4.79 Å². The maximum absolute atomic E-state index is 11.8. The maximum atomic E-state index is 11.8. The highest BCUT2D eigenvalue weighted by atomic mass is 32.1. The van der Waals surface area contributed by atoms with Crippen molar-refractivity contribution in [3.63, 3.8) is 0 Å². The zero-order valence-electron chi connectivity index (χ0n) is 10.9. The fourth-order valence-electron chi connectivity index (χ4n) is 1.78. The number of hydrogen-bond donors (Lipinski definition) is 2. The van der Waals surface area contributed by atoms with Crippen LogP contribution in [0, 0.1) is 0 Å². The van der Waals surface area contributed by atoms with E-state index in [0.29, 0.717) is 12.8 Å². The Bertz CT molecular complexity index is 535. The minimum absolute atomic E-state index is 0.0145. The van der Waals surface area contributed by atoms with E-state index in [1.807, 2.05) is 42.6 Å². The van der Waals surface area contributed by atoms with Gasteiger partial charge in [-0.25, -0.2) is 0 Å². The molecule has 4 heteroatoms. The molecule has 0 radical (unpaired) electrons. The molecule has 1 aromatic heterocycles. The maximum Gasteiger partial charge on any atom is 0.224 e. The van der Waals surface area contributed by atoms with Gasteiger partial charge in [-0.1, -0.05) is 18.2 Å². The number of carbonyl (C=O) groups is 1. The number of anilines is 1. The SMILES string of the molecule is CC(N)CCC(=O)Nc1cccc(-c2cccs2)c1. The largest absolute Gasteiger partial charge is 0.328 e. The molecule has 0 aliphatic rings. The van der Waals surface area contributed by atoms with E-state index >= 15 is 0 Å². The summed E-state index contributed by atoms with van der Waals surface area (Å²) in [7, 11) is 0. The molecule has 1 amide bonds. The summed E-state index contributed by atoms with van der Waals surface area (Å²) in [6, 6.07) is 12.1. The Labute approximate surface area is 117 Å². The lowest BCUT2D eigenvalue weighted by Gasteiger charge is -2.08. The van der Waals surface area contributed by atoms with Gasteiger partial charge in [0.25, 0.3) is 0 Å². The van der Waals surface area contributed by atoms with Gasteiger partial charge in [0.05, 0.1) is 0 Å². The molecular formula is C15H18N2OS. The Hall–Kier alpha value is -1.65. The third kappa shape index (κ3) is 4.19. The van der Waals surface area contributed by atoms with Gasteiger partial charge in [-0.2, -0.15) is 0 Å². The van der Waals surface area contributed by atoms with Crippen molar-refractivity contribution in [1.29, 1.82) is 0 Å². The minimum atomic E-state index is 0.0145. The number of rotatable bonds is 5. The number of nitrogens with two attached hydrogens (primary N) is 1. The predicted octanol–water partition coefficient (Wildman–Crippen LogP) is 3.48. The van der Waals surface area contributed by atoms with E-state index < -0.39 is 0 Å². The highest BCUT2D eigenvalue weighted by Crippen LogP contribution is 2.26. The van der Waals surface area contributed by atoms with E-state index in [0.717, 1.165) is 11.3 Å². The molecule has 0 saturated carbocycles. The first kappa shape index (κ1) is 13.8. The Kier molecular flexibility index (Phi) is 4.71. The Morgan fingerprint density at radius 3 is 2.89 bits per heavy atom.